The van der Waals surface area contributed by atoms with E-state index in [1.165, 1.54) is 4.90 Å². The van der Waals surface area contributed by atoms with E-state index in [4.69, 9.17) is 0 Å². The molecule has 2 aliphatic rings. The number of likely N-dealkylation sites (tertiary alicyclic amines) is 2. The van der Waals surface area contributed by atoms with Crippen LogP contribution >= 0.6 is 11.3 Å². The number of carbonyl (C=O) groups excluding carboxylic acids is 3. The molecule has 2 fully saturated rings. The Bertz CT molecular complexity index is 1160. The average molecular weight is 555 g/mol. The van der Waals surface area contributed by atoms with Gasteiger partial charge in [0.25, 0.3) is 0 Å². The second kappa shape index (κ2) is 12.3. The van der Waals surface area contributed by atoms with E-state index >= 15 is 0 Å². The zero-order chi connectivity index (χ0) is 28.3. The molecule has 1 aromatic carbocycles. The van der Waals surface area contributed by atoms with Gasteiger partial charge in [-0.15, -0.1) is 11.3 Å². The van der Waals surface area contributed by atoms with E-state index in [9.17, 15) is 19.5 Å². The number of ketones is 1. The number of hydrogen-bond acceptors (Lipinski definition) is 7. The van der Waals surface area contributed by atoms with Crippen molar-refractivity contribution >= 4 is 28.9 Å². The lowest BCUT2D eigenvalue weighted by atomic mass is 9.74. The lowest BCUT2D eigenvalue weighted by Crippen LogP contribution is -2.50. The Morgan fingerprint density at radius 2 is 1.82 bits per heavy atom. The Hall–Kier alpha value is -2.62. The van der Waals surface area contributed by atoms with Crippen LogP contribution in [0, 0.1) is 24.2 Å². The summed E-state index contributed by atoms with van der Waals surface area (Å²) in [5.74, 6) is -0.933. The Morgan fingerprint density at radius 3 is 2.41 bits per heavy atom. The standard InChI is InChI=1S/C30H42N4O4S/c1-19-27(39-18-32-19)22-8-6-20(7-9-22)16-31-28(37)25-14-23(35)17-34(25)29(38)24(30(2,3)4)15-26(36)21-10-12-33(5)13-11-21/h6-9,18,21,23-25,35H,10-17H2,1-5H3,(H,31,37)/t23-,24?,25+/m1/s1. The van der Waals surface area contributed by atoms with Crippen LogP contribution in [0.25, 0.3) is 10.4 Å². The summed E-state index contributed by atoms with van der Waals surface area (Å²) >= 11 is 1.60. The zero-order valence-corrected chi connectivity index (χ0v) is 24.6. The van der Waals surface area contributed by atoms with Crippen molar-refractivity contribution in [2.45, 2.75) is 72.1 Å². The van der Waals surface area contributed by atoms with Crippen LogP contribution in [-0.4, -0.2) is 76.3 Å². The number of piperidine rings is 1. The topological polar surface area (TPSA) is 103 Å². The number of aryl methyl sites for hydroxylation is 1. The molecule has 2 amide bonds. The number of aromatic nitrogens is 1. The molecule has 3 heterocycles. The summed E-state index contributed by atoms with van der Waals surface area (Å²) in [6.45, 7) is 10.1. The number of benzene rings is 1. The van der Waals surface area contributed by atoms with Crippen molar-refractivity contribution in [3.05, 3.63) is 41.0 Å². The molecule has 2 N–H and O–H groups in total. The highest BCUT2D eigenvalue weighted by Gasteiger charge is 2.45. The number of aliphatic hydroxyl groups excluding tert-OH is 1. The van der Waals surface area contributed by atoms with Gasteiger partial charge in [0.2, 0.25) is 11.8 Å². The lowest BCUT2D eigenvalue weighted by Gasteiger charge is -2.36. The van der Waals surface area contributed by atoms with E-state index in [2.05, 4.69) is 22.2 Å². The molecule has 0 bridgehead atoms. The van der Waals surface area contributed by atoms with Crippen LogP contribution in [0.5, 0.6) is 0 Å². The number of hydrogen-bond donors (Lipinski definition) is 2. The molecule has 0 saturated carbocycles. The minimum absolute atomic E-state index is 0.0199. The van der Waals surface area contributed by atoms with Gasteiger partial charge < -0.3 is 20.2 Å². The quantitative estimate of drug-likeness (QED) is 0.516. The predicted octanol–water partition coefficient (Wildman–Crippen LogP) is 3.66. The van der Waals surface area contributed by atoms with E-state index in [0.29, 0.717) is 6.54 Å². The fraction of sp³-hybridized carbons (Fsp3) is 0.600. The van der Waals surface area contributed by atoms with Crippen molar-refractivity contribution in [1.29, 1.82) is 0 Å². The Labute approximate surface area is 235 Å². The summed E-state index contributed by atoms with van der Waals surface area (Å²) in [4.78, 5) is 49.5. The maximum atomic E-state index is 13.8. The minimum Gasteiger partial charge on any atom is -0.391 e. The van der Waals surface area contributed by atoms with Gasteiger partial charge in [-0.05, 0) is 56.4 Å². The summed E-state index contributed by atoms with van der Waals surface area (Å²) < 4.78 is 0. The van der Waals surface area contributed by atoms with Crippen molar-refractivity contribution in [2.24, 2.45) is 17.3 Å². The molecule has 212 valence electrons. The molecule has 0 radical (unpaired) electrons. The molecule has 4 rings (SSSR count). The Kier molecular flexibility index (Phi) is 9.24. The van der Waals surface area contributed by atoms with E-state index in [-0.39, 0.29) is 42.9 Å². The van der Waals surface area contributed by atoms with Gasteiger partial charge >= 0.3 is 0 Å². The lowest BCUT2D eigenvalue weighted by molar-refractivity contribution is -0.147. The van der Waals surface area contributed by atoms with Crippen LogP contribution in [0.4, 0.5) is 0 Å². The van der Waals surface area contributed by atoms with Gasteiger partial charge in [0.05, 0.1) is 22.2 Å². The summed E-state index contributed by atoms with van der Waals surface area (Å²) in [5.41, 5.74) is 4.40. The van der Waals surface area contributed by atoms with Crippen LogP contribution in [0.1, 0.15) is 57.7 Å². The molecule has 2 saturated heterocycles. The van der Waals surface area contributed by atoms with E-state index in [1.54, 1.807) is 11.3 Å². The first-order chi connectivity index (χ1) is 18.4. The maximum Gasteiger partial charge on any atom is 0.243 e. The van der Waals surface area contributed by atoms with Gasteiger partial charge in [0, 0.05) is 37.8 Å². The largest absolute Gasteiger partial charge is 0.391 e. The number of rotatable bonds is 8. The summed E-state index contributed by atoms with van der Waals surface area (Å²) in [6.07, 6.45) is 1.23. The van der Waals surface area contributed by atoms with Crippen LogP contribution in [0.3, 0.4) is 0 Å². The number of nitrogens with one attached hydrogen (secondary N) is 1. The summed E-state index contributed by atoms with van der Waals surface area (Å²) in [5, 5.41) is 13.4. The third-order valence-electron chi connectivity index (χ3n) is 8.22. The van der Waals surface area contributed by atoms with Gasteiger partial charge in [0.15, 0.2) is 0 Å². The van der Waals surface area contributed by atoms with Crippen LogP contribution in [0.15, 0.2) is 29.8 Å². The fourth-order valence-electron chi connectivity index (χ4n) is 5.63. The van der Waals surface area contributed by atoms with Crippen LogP contribution in [-0.2, 0) is 20.9 Å². The smallest absolute Gasteiger partial charge is 0.243 e. The SMILES string of the molecule is Cc1ncsc1-c1ccc(CNC(=O)[C@@H]2C[C@@H](O)CN2C(=O)C(CC(=O)C2CCN(C)CC2)C(C)(C)C)cc1. The summed E-state index contributed by atoms with van der Waals surface area (Å²) in [6, 6.07) is 7.24. The molecule has 8 nitrogen and oxygen atoms in total. The number of amides is 2. The fourth-order valence-corrected chi connectivity index (χ4v) is 6.44. The molecule has 39 heavy (non-hydrogen) atoms. The molecule has 3 atom stereocenters. The normalized spacial score (nSPS) is 21.6. The van der Waals surface area contributed by atoms with E-state index in [1.807, 2.05) is 57.5 Å². The molecule has 1 aromatic heterocycles. The molecule has 2 aromatic rings. The number of thiazole rings is 1. The second-order valence-electron chi connectivity index (χ2n) is 12.2. The first-order valence-corrected chi connectivity index (χ1v) is 14.8. The number of Topliss-reactive ketones (excluding diaryl/α,β-unsaturated/α-hetero) is 1. The van der Waals surface area contributed by atoms with Gasteiger partial charge in [-0.2, -0.15) is 0 Å². The first-order valence-electron chi connectivity index (χ1n) is 13.9. The first kappa shape index (κ1) is 29.4. The van der Waals surface area contributed by atoms with Gasteiger partial charge in [-0.1, -0.05) is 45.0 Å². The van der Waals surface area contributed by atoms with Gasteiger partial charge in [-0.3, -0.25) is 14.4 Å². The Balaban J connectivity index is 1.40. The minimum atomic E-state index is -0.767. The number of aliphatic hydroxyl groups is 1. The number of carbonyl (C=O) groups is 3. The van der Waals surface area contributed by atoms with Crippen molar-refractivity contribution in [1.82, 2.24) is 20.1 Å². The van der Waals surface area contributed by atoms with Crippen LogP contribution < -0.4 is 5.32 Å². The maximum absolute atomic E-state index is 13.8. The van der Waals surface area contributed by atoms with E-state index in [0.717, 1.165) is 47.6 Å². The zero-order valence-electron chi connectivity index (χ0n) is 23.8. The van der Waals surface area contributed by atoms with Crippen molar-refractivity contribution in [3.8, 4) is 10.4 Å². The highest BCUT2D eigenvalue weighted by Crippen LogP contribution is 2.35. The van der Waals surface area contributed by atoms with Crippen molar-refractivity contribution in [3.63, 3.8) is 0 Å². The third-order valence-corrected chi connectivity index (χ3v) is 9.19. The van der Waals surface area contributed by atoms with E-state index < -0.39 is 23.5 Å². The molecular weight excluding hydrogens is 512 g/mol. The predicted molar refractivity (Wildman–Crippen MR) is 153 cm³/mol. The van der Waals surface area contributed by atoms with Gasteiger partial charge in [0.1, 0.15) is 11.8 Å². The van der Waals surface area contributed by atoms with Crippen molar-refractivity contribution < 1.29 is 19.5 Å². The third kappa shape index (κ3) is 7.13. The number of nitrogens with zero attached hydrogens (tertiary/aromatic N) is 3. The Morgan fingerprint density at radius 1 is 1.15 bits per heavy atom. The molecular formula is C30H42N4O4S. The molecule has 0 aliphatic carbocycles. The average Bonchev–Trinajstić information content (AvgIpc) is 3.50. The van der Waals surface area contributed by atoms with Gasteiger partial charge in [-0.25, -0.2) is 4.98 Å². The second-order valence-corrected chi connectivity index (χ2v) is 13.1. The molecule has 1 unspecified atom stereocenters. The number of β-amino-alcohol motifs (C(OH)–C–C–N with tert-alkyl or cyclic N) is 1. The van der Waals surface area contributed by atoms with Crippen LogP contribution in [0.2, 0.25) is 0 Å². The summed E-state index contributed by atoms with van der Waals surface area (Å²) in [7, 11) is 2.06. The highest BCUT2D eigenvalue weighted by molar-refractivity contribution is 7.13. The highest BCUT2D eigenvalue weighted by atomic mass is 32.1. The monoisotopic (exact) mass is 554 g/mol. The molecule has 2 aliphatic heterocycles. The van der Waals surface area contributed by atoms with Crippen molar-refractivity contribution in [2.75, 3.05) is 26.7 Å². The molecule has 9 heteroatoms. The molecule has 0 spiro atoms.